The van der Waals surface area contributed by atoms with E-state index in [0.717, 1.165) is 0 Å². The lowest BCUT2D eigenvalue weighted by Crippen LogP contribution is -2.18. The predicted octanol–water partition coefficient (Wildman–Crippen LogP) is 2.74. The van der Waals surface area contributed by atoms with Crippen LogP contribution in [-0.4, -0.2) is 32.2 Å². The van der Waals surface area contributed by atoms with Gasteiger partial charge in [-0.1, -0.05) is 6.07 Å². The van der Waals surface area contributed by atoms with Crippen LogP contribution in [0.25, 0.3) is 0 Å². The minimum atomic E-state index is -3.58. The number of halogens is 1. The first kappa shape index (κ1) is 18.9. The van der Waals surface area contributed by atoms with E-state index in [4.69, 9.17) is 9.47 Å². The molecule has 0 saturated carbocycles. The summed E-state index contributed by atoms with van der Waals surface area (Å²) in [5, 5.41) is 5.80. The highest BCUT2D eigenvalue weighted by atomic mass is 32.2. The Labute approximate surface area is 166 Å². The molecule has 3 aromatic rings. The van der Waals surface area contributed by atoms with Crippen LogP contribution in [0.15, 0.2) is 53.6 Å². The van der Waals surface area contributed by atoms with E-state index in [1.165, 1.54) is 37.5 Å². The Morgan fingerprint density at radius 3 is 2.79 bits per heavy atom. The number of nitrogens with one attached hydrogen (secondary N) is 3. The van der Waals surface area contributed by atoms with Crippen LogP contribution in [0, 0.1) is 5.82 Å². The topological polar surface area (TPSA) is 114 Å². The average molecular weight is 417 g/mol. The molecule has 9 nitrogen and oxygen atoms in total. The first-order valence-corrected chi connectivity index (χ1v) is 9.93. The molecule has 3 N–H and O–H groups in total. The van der Waals surface area contributed by atoms with Crippen molar-refractivity contribution in [2.75, 3.05) is 24.5 Å². The minimum absolute atomic E-state index is 0.00983. The number of aromatic nitrogens is 2. The van der Waals surface area contributed by atoms with E-state index in [2.05, 4.69) is 25.3 Å². The number of fused-ring (bicyclic) bond motifs is 1. The van der Waals surface area contributed by atoms with Gasteiger partial charge in [0.1, 0.15) is 11.5 Å². The van der Waals surface area contributed by atoms with Crippen molar-refractivity contribution >= 4 is 33.2 Å². The van der Waals surface area contributed by atoms with Crippen molar-refractivity contribution in [3.05, 3.63) is 54.5 Å². The molecule has 0 saturated heterocycles. The lowest BCUT2D eigenvalue weighted by Gasteiger charge is -2.11. The molecule has 29 heavy (non-hydrogen) atoms. The summed E-state index contributed by atoms with van der Waals surface area (Å²) in [6.45, 7) is 0.00983. The maximum atomic E-state index is 14.2. The number of nitrogens with zero attached hydrogens (tertiary/aromatic N) is 2. The number of ether oxygens (including phenoxy) is 2. The zero-order valence-electron chi connectivity index (χ0n) is 15.1. The molecule has 4 rings (SSSR count). The molecule has 0 aliphatic carbocycles. The first-order chi connectivity index (χ1) is 14.0. The van der Waals surface area contributed by atoms with Crippen LogP contribution in [0.1, 0.15) is 0 Å². The Bertz CT molecular complexity index is 1170. The Morgan fingerprint density at radius 1 is 1.10 bits per heavy atom. The normalized spacial score (nSPS) is 12.6. The standard InChI is InChI=1S/C18H16FN5O4S/c1-20-29(25,26)12-4-2-3-11(9-12)22-18-21-8-7-15(24-18)23-16-13(19)5-6-14-17(16)28-10-27-14/h2-9,20H,10H2,1H3,(H2,21,22,23,24). The molecule has 1 aromatic heterocycles. The second kappa shape index (κ2) is 7.53. The van der Waals surface area contributed by atoms with Crippen molar-refractivity contribution in [1.82, 2.24) is 14.7 Å². The van der Waals surface area contributed by atoms with Crippen LogP contribution in [0.3, 0.4) is 0 Å². The largest absolute Gasteiger partial charge is 0.454 e. The molecule has 0 radical (unpaired) electrons. The maximum Gasteiger partial charge on any atom is 0.240 e. The van der Waals surface area contributed by atoms with Crippen LogP contribution >= 0.6 is 0 Å². The van der Waals surface area contributed by atoms with Crippen LogP contribution in [-0.2, 0) is 10.0 Å². The molecular formula is C18H16FN5O4S. The molecule has 0 amide bonds. The summed E-state index contributed by atoms with van der Waals surface area (Å²) in [6.07, 6.45) is 1.48. The van der Waals surface area contributed by atoms with Crippen LogP contribution in [0.5, 0.6) is 11.5 Å². The van der Waals surface area contributed by atoms with Gasteiger partial charge in [-0.3, -0.25) is 0 Å². The molecular weight excluding hydrogens is 401 g/mol. The number of anilines is 4. The summed E-state index contributed by atoms with van der Waals surface area (Å²) in [7, 11) is -2.25. The highest BCUT2D eigenvalue weighted by Crippen LogP contribution is 2.41. The molecule has 2 aromatic carbocycles. The van der Waals surface area contributed by atoms with E-state index in [9.17, 15) is 12.8 Å². The molecule has 0 fully saturated rings. The van der Waals surface area contributed by atoms with E-state index in [0.29, 0.717) is 17.3 Å². The smallest absolute Gasteiger partial charge is 0.240 e. The van der Waals surface area contributed by atoms with Gasteiger partial charge < -0.3 is 20.1 Å². The van der Waals surface area contributed by atoms with Gasteiger partial charge in [0.25, 0.3) is 0 Å². The molecule has 11 heteroatoms. The molecule has 0 atom stereocenters. The predicted molar refractivity (Wildman–Crippen MR) is 104 cm³/mol. The second-order valence-electron chi connectivity index (χ2n) is 5.91. The zero-order valence-corrected chi connectivity index (χ0v) is 16.0. The number of sulfonamides is 1. The number of rotatable bonds is 6. The minimum Gasteiger partial charge on any atom is -0.454 e. The van der Waals surface area contributed by atoms with Crippen LogP contribution in [0.4, 0.5) is 27.5 Å². The summed E-state index contributed by atoms with van der Waals surface area (Å²) in [5.74, 6) is 0.683. The van der Waals surface area contributed by atoms with Gasteiger partial charge >= 0.3 is 0 Å². The third-order valence-electron chi connectivity index (χ3n) is 4.07. The zero-order chi connectivity index (χ0) is 20.4. The van der Waals surface area contributed by atoms with E-state index >= 15 is 0 Å². The van der Waals surface area contributed by atoms with Crippen LogP contribution in [0.2, 0.25) is 0 Å². The summed E-state index contributed by atoms with van der Waals surface area (Å²) in [5.41, 5.74) is 0.578. The third-order valence-corrected chi connectivity index (χ3v) is 5.48. The second-order valence-corrected chi connectivity index (χ2v) is 7.79. The van der Waals surface area contributed by atoms with Gasteiger partial charge in [0.05, 0.1) is 4.90 Å². The quantitative estimate of drug-likeness (QED) is 0.561. The maximum absolute atomic E-state index is 14.2. The van der Waals surface area contributed by atoms with Crippen molar-refractivity contribution in [2.45, 2.75) is 4.90 Å². The van der Waals surface area contributed by atoms with Crippen molar-refractivity contribution in [3.8, 4) is 11.5 Å². The lowest BCUT2D eigenvalue weighted by molar-refractivity contribution is 0.174. The van der Waals surface area contributed by atoms with Gasteiger partial charge in [-0.05, 0) is 43.4 Å². The molecule has 1 aliphatic rings. The van der Waals surface area contributed by atoms with Crippen molar-refractivity contribution < 1.29 is 22.3 Å². The third kappa shape index (κ3) is 3.91. The summed E-state index contributed by atoms with van der Waals surface area (Å²) in [4.78, 5) is 8.48. The fourth-order valence-electron chi connectivity index (χ4n) is 2.67. The Kier molecular flexibility index (Phi) is 4.91. The van der Waals surface area contributed by atoms with E-state index in [1.54, 1.807) is 18.2 Å². The van der Waals surface area contributed by atoms with Gasteiger partial charge in [-0.25, -0.2) is 22.5 Å². The molecule has 0 unspecified atom stereocenters. The molecule has 0 spiro atoms. The summed E-state index contributed by atoms with van der Waals surface area (Å²) >= 11 is 0. The monoisotopic (exact) mass is 417 g/mol. The molecule has 2 heterocycles. The lowest BCUT2D eigenvalue weighted by atomic mass is 10.2. The SMILES string of the molecule is CNS(=O)(=O)c1cccc(Nc2nccc(Nc3c(F)ccc4c3OCO4)n2)c1. The number of hydrogen-bond donors (Lipinski definition) is 3. The number of benzene rings is 2. The fraction of sp³-hybridized carbons (Fsp3) is 0.111. The van der Waals surface area contributed by atoms with E-state index in [1.807, 2.05) is 0 Å². The number of hydrogen-bond acceptors (Lipinski definition) is 8. The van der Waals surface area contributed by atoms with Gasteiger partial charge in [0.2, 0.25) is 22.8 Å². The van der Waals surface area contributed by atoms with Crippen LogP contribution < -0.4 is 24.8 Å². The van der Waals surface area contributed by atoms with Gasteiger partial charge in [0.15, 0.2) is 17.3 Å². The summed E-state index contributed by atoms with van der Waals surface area (Å²) in [6, 6.07) is 10.5. The molecule has 1 aliphatic heterocycles. The highest BCUT2D eigenvalue weighted by molar-refractivity contribution is 7.89. The highest BCUT2D eigenvalue weighted by Gasteiger charge is 2.22. The molecule has 0 bridgehead atoms. The Morgan fingerprint density at radius 2 is 1.97 bits per heavy atom. The van der Waals surface area contributed by atoms with Gasteiger partial charge in [-0.2, -0.15) is 4.98 Å². The van der Waals surface area contributed by atoms with E-state index in [-0.39, 0.29) is 29.1 Å². The average Bonchev–Trinajstić information content (AvgIpc) is 3.20. The van der Waals surface area contributed by atoms with Gasteiger partial charge in [-0.15, -0.1) is 0 Å². The summed E-state index contributed by atoms with van der Waals surface area (Å²) < 4.78 is 51.0. The van der Waals surface area contributed by atoms with E-state index < -0.39 is 15.8 Å². The first-order valence-electron chi connectivity index (χ1n) is 8.45. The Balaban J connectivity index is 1.58. The molecule has 150 valence electrons. The van der Waals surface area contributed by atoms with Crippen molar-refractivity contribution in [1.29, 1.82) is 0 Å². The van der Waals surface area contributed by atoms with Crippen molar-refractivity contribution in [3.63, 3.8) is 0 Å². The fourth-order valence-corrected chi connectivity index (χ4v) is 3.44. The Hall–Kier alpha value is -3.44. The van der Waals surface area contributed by atoms with Crippen molar-refractivity contribution in [2.24, 2.45) is 0 Å². The van der Waals surface area contributed by atoms with Gasteiger partial charge in [0, 0.05) is 11.9 Å².